The van der Waals surface area contributed by atoms with E-state index < -0.39 is 0 Å². The standard InChI is InChI=1S/C20H14Cl3N4P/c21-14-6-2-1-5-13(14)17-12(8-11-4-3-7-15(22)18(11)26-17)9-24-19-16(28)10-25-20(23)27-19/h1-8,10H,9,28H2,(H,24,25,27). The Morgan fingerprint density at radius 3 is 2.54 bits per heavy atom. The first-order chi connectivity index (χ1) is 13.5. The lowest BCUT2D eigenvalue weighted by Gasteiger charge is -2.14. The molecule has 0 spiro atoms. The Hall–Kier alpha value is -1.97. The average molecular weight is 448 g/mol. The largest absolute Gasteiger partial charge is 0.365 e. The molecule has 2 aromatic carbocycles. The monoisotopic (exact) mass is 446 g/mol. The number of pyridine rings is 1. The third kappa shape index (κ3) is 3.92. The molecule has 1 unspecified atom stereocenters. The molecule has 4 rings (SSSR count). The summed E-state index contributed by atoms with van der Waals surface area (Å²) in [7, 11) is 2.59. The zero-order chi connectivity index (χ0) is 19.7. The molecule has 0 bridgehead atoms. The van der Waals surface area contributed by atoms with Gasteiger partial charge in [0.2, 0.25) is 5.28 Å². The highest BCUT2D eigenvalue weighted by atomic mass is 35.5. The van der Waals surface area contributed by atoms with Crippen LogP contribution < -0.4 is 10.6 Å². The van der Waals surface area contributed by atoms with Crippen LogP contribution in [0.5, 0.6) is 0 Å². The Bertz CT molecular complexity index is 1180. The second kappa shape index (κ2) is 8.18. The Kier molecular flexibility index (Phi) is 5.65. The van der Waals surface area contributed by atoms with Crippen molar-refractivity contribution >= 4 is 66.1 Å². The predicted molar refractivity (Wildman–Crippen MR) is 121 cm³/mol. The van der Waals surface area contributed by atoms with Crippen LogP contribution in [0.25, 0.3) is 22.2 Å². The van der Waals surface area contributed by atoms with E-state index in [2.05, 4.69) is 30.6 Å². The fraction of sp³-hybridized carbons (Fsp3) is 0.0500. The number of hydrogen-bond acceptors (Lipinski definition) is 4. The second-order valence-corrected chi connectivity index (χ2v) is 7.86. The zero-order valence-electron chi connectivity index (χ0n) is 14.5. The van der Waals surface area contributed by atoms with Gasteiger partial charge in [-0.1, -0.05) is 62.8 Å². The van der Waals surface area contributed by atoms with Gasteiger partial charge in [0.15, 0.2) is 0 Å². The fourth-order valence-corrected chi connectivity index (χ4v) is 3.74. The van der Waals surface area contributed by atoms with Gasteiger partial charge in [-0.05, 0) is 35.4 Å². The lowest BCUT2D eigenvalue weighted by Crippen LogP contribution is -2.11. The minimum Gasteiger partial charge on any atom is -0.365 e. The molecule has 0 radical (unpaired) electrons. The van der Waals surface area contributed by atoms with E-state index >= 15 is 0 Å². The summed E-state index contributed by atoms with van der Waals surface area (Å²) in [6.07, 6.45) is 1.65. The van der Waals surface area contributed by atoms with Crippen molar-refractivity contribution in [2.75, 3.05) is 5.32 Å². The van der Waals surface area contributed by atoms with E-state index in [9.17, 15) is 0 Å². The number of rotatable bonds is 4. The molecule has 2 heterocycles. The third-order valence-corrected chi connectivity index (χ3v) is 5.48. The van der Waals surface area contributed by atoms with E-state index in [1.165, 1.54) is 0 Å². The zero-order valence-corrected chi connectivity index (χ0v) is 17.9. The minimum atomic E-state index is 0.184. The van der Waals surface area contributed by atoms with Gasteiger partial charge in [-0.25, -0.2) is 15.0 Å². The van der Waals surface area contributed by atoms with Crippen LogP contribution in [-0.4, -0.2) is 15.0 Å². The van der Waals surface area contributed by atoms with E-state index in [-0.39, 0.29) is 5.28 Å². The summed E-state index contributed by atoms with van der Waals surface area (Å²) in [5.41, 5.74) is 3.31. The van der Waals surface area contributed by atoms with Gasteiger partial charge in [-0.2, -0.15) is 0 Å². The maximum atomic E-state index is 6.45. The van der Waals surface area contributed by atoms with Crippen molar-refractivity contribution < 1.29 is 0 Å². The van der Waals surface area contributed by atoms with Gasteiger partial charge in [0, 0.05) is 34.0 Å². The number of halogens is 3. The van der Waals surface area contributed by atoms with Gasteiger partial charge in [0.05, 0.1) is 16.2 Å². The Balaban J connectivity index is 1.83. The van der Waals surface area contributed by atoms with Crippen molar-refractivity contribution in [2.24, 2.45) is 0 Å². The molecule has 1 N–H and O–H groups in total. The van der Waals surface area contributed by atoms with Crippen LogP contribution in [0.1, 0.15) is 5.56 Å². The SMILES string of the molecule is Pc1cnc(Cl)nc1NCc1cc2cccc(Cl)c2nc1-c1ccccc1Cl. The molecule has 140 valence electrons. The second-order valence-electron chi connectivity index (χ2n) is 6.08. The summed E-state index contributed by atoms with van der Waals surface area (Å²) in [4.78, 5) is 13.0. The Morgan fingerprint density at radius 2 is 1.71 bits per heavy atom. The summed E-state index contributed by atoms with van der Waals surface area (Å²) >= 11 is 18.8. The fourth-order valence-electron chi connectivity index (χ4n) is 2.92. The molecule has 8 heteroatoms. The minimum absolute atomic E-state index is 0.184. The van der Waals surface area contributed by atoms with Gasteiger partial charge < -0.3 is 5.32 Å². The lowest BCUT2D eigenvalue weighted by molar-refractivity contribution is 1.09. The molecule has 0 fully saturated rings. The molecule has 0 amide bonds. The van der Waals surface area contributed by atoms with Crippen LogP contribution in [0.2, 0.25) is 15.3 Å². The van der Waals surface area contributed by atoms with Crippen LogP contribution in [-0.2, 0) is 6.54 Å². The van der Waals surface area contributed by atoms with Gasteiger partial charge >= 0.3 is 0 Å². The number of hydrogen-bond donors (Lipinski definition) is 1. The topological polar surface area (TPSA) is 50.7 Å². The van der Waals surface area contributed by atoms with Crippen molar-refractivity contribution in [3.8, 4) is 11.3 Å². The molecule has 0 saturated carbocycles. The summed E-state index contributed by atoms with van der Waals surface area (Å²) in [6.45, 7) is 0.477. The highest BCUT2D eigenvalue weighted by molar-refractivity contribution is 7.28. The normalized spacial score (nSPS) is 11.0. The molecule has 0 saturated heterocycles. The number of benzene rings is 2. The average Bonchev–Trinajstić information content (AvgIpc) is 2.69. The van der Waals surface area contributed by atoms with E-state index in [0.29, 0.717) is 22.4 Å². The van der Waals surface area contributed by atoms with Crippen LogP contribution in [0.15, 0.2) is 54.7 Å². The number of nitrogens with zero attached hydrogens (tertiary/aromatic N) is 3. The molecule has 0 aliphatic rings. The quantitative estimate of drug-likeness (QED) is 0.319. The lowest BCUT2D eigenvalue weighted by atomic mass is 10.0. The van der Waals surface area contributed by atoms with Crippen LogP contribution in [0.3, 0.4) is 0 Å². The van der Waals surface area contributed by atoms with Crippen molar-refractivity contribution in [1.82, 2.24) is 15.0 Å². The molecule has 2 aromatic heterocycles. The van der Waals surface area contributed by atoms with Crippen molar-refractivity contribution in [3.05, 3.63) is 75.6 Å². The Morgan fingerprint density at radius 1 is 0.929 bits per heavy atom. The number of nitrogens with one attached hydrogen (secondary N) is 1. The molecular weight excluding hydrogens is 434 g/mol. The van der Waals surface area contributed by atoms with E-state index in [1.807, 2.05) is 42.5 Å². The van der Waals surface area contributed by atoms with E-state index in [4.69, 9.17) is 39.8 Å². The predicted octanol–water partition coefficient (Wildman–Crippen LogP) is 5.76. The van der Waals surface area contributed by atoms with Crippen LogP contribution in [0.4, 0.5) is 5.82 Å². The van der Waals surface area contributed by atoms with Crippen LogP contribution >= 0.6 is 44.0 Å². The highest BCUT2D eigenvalue weighted by Crippen LogP contribution is 2.33. The van der Waals surface area contributed by atoms with E-state index in [1.54, 1.807) is 6.20 Å². The highest BCUT2D eigenvalue weighted by Gasteiger charge is 2.14. The number of aromatic nitrogens is 3. The van der Waals surface area contributed by atoms with Gasteiger partial charge in [-0.3, -0.25) is 0 Å². The molecule has 4 aromatic rings. The maximum Gasteiger partial charge on any atom is 0.224 e. The van der Waals surface area contributed by atoms with Gasteiger partial charge in [0.1, 0.15) is 5.82 Å². The smallest absolute Gasteiger partial charge is 0.224 e. The van der Waals surface area contributed by atoms with E-state index in [0.717, 1.165) is 33.0 Å². The van der Waals surface area contributed by atoms with Crippen LogP contribution in [0, 0.1) is 0 Å². The first-order valence-corrected chi connectivity index (χ1v) is 10.1. The molecule has 4 nitrogen and oxygen atoms in total. The van der Waals surface area contributed by atoms with Gasteiger partial charge in [-0.15, -0.1) is 0 Å². The van der Waals surface area contributed by atoms with Crippen molar-refractivity contribution in [3.63, 3.8) is 0 Å². The third-order valence-electron chi connectivity index (χ3n) is 4.24. The number of anilines is 1. The molecule has 0 aliphatic carbocycles. The Labute approximate surface area is 179 Å². The van der Waals surface area contributed by atoms with Crippen molar-refractivity contribution in [2.45, 2.75) is 6.54 Å². The van der Waals surface area contributed by atoms with Crippen molar-refractivity contribution in [1.29, 1.82) is 0 Å². The maximum absolute atomic E-state index is 6.45. The van der Waals surface area contributed by atoms with Gasteiger partial charge in [0.25, 0.3) is 0 Å². The summed E-state index contributed by atoms with van der Waals surface area (Å²) in [6, 6.07) is 15.4. The molecule has 28 heavy (non-hydrogen) atoms. The number of fused-ring (bicyclic) bond motifs is 1. The molecule has 0 aliphatic heterocycles. The molecule has 1 atom stereocenters. The summed E-state index contributed by atoms with van der Waals surface area (Å²) < 4.78 is 0. The summed E-state index contributed by atoms with van der Waals surface area (Å²) in [5, 5.41) is 6.48. The summed E-state index contributed by atoms with van der Waals surface area (Å²) in [5.74, 6) is 0.640. The number of para-hydroxylation sites is 1. The first-order valence-electron chi connectivity index (χ1n) is 8.38. The molecular formula is C20H14Cl3N4P. The first kappa shape index (κ1) is 19.4.